The van der Waals surface area contributed by atoms with Gasteiger partial charge < -0.3 is 5.32 Å². The lowest BCUT2D eigenvalue weighted by atomic mass is 9.96. The molecule has 1 heterocycles. The first-order valence-corrected chi connectivity index (χ1v) is 10.4. The van der Waals surface area contributed by atoms with Gasteiger partial charge in [0.05, 0.1) is 0 Å². The molecule has 0 aromatic carbocycles. The number of nitrogens with zero attached hydrogens (tertiary/aromatic N) is 2. The van der Waals surface area contributed by atoms with Crippen LogP contribution in [0.15, 0.2) is 0 Å². The number of hydrogen-bond donors (Lipinski definition) is 1. The normalized spacial score (nSPS) is 25.5. The van der Waals surface area contributed by atoms with Crippen LogP contribution in [0.5, 0.6) is 0 Å². The van der Waals surface area contributed by atoms with Gasteiger partial charge >= 0.3 is 0 Å². The first-order chi connectivity index (χ1) is 10.6. The quantitative estimate of drug-likeness (QED) is 0.786. The zero-order chi connectivity index (χ0) is 15.6. The first-order valence-electron chi connectivity index (χ1n) is 9.04. The first kappa shape index (κ1) is 19.4. The Bertz CT molecular complexity index is 456. The van der Waals surface area contributed by atoms with Crippen molar-refractivity contribution in [3.63, 3.8) is 0 Å². The fraction of sp³-hybridized carbons (Fsp3) is 1.00. The second-order valence-corrected chi connectivity index (χ2v) is 9.33. The van der Waals surface area contributed by atoms with Crippen LogP contribution in [-0.2, 0) is 10.2 Å². The van der Waals surface area contributed by atoms with Gasteiger partial charge in [-0.3, -0.25) is 0 Å². The number of hydrogen-bond acceptors (Lipinski definition) is 3. The number of nitrogens with one attached hydrogen (secondary N) is 1. The van der Waals surface area contributed by atoms with E-state index >= 15 is 0 Å². The fourth-order valence-corrected chi connectivity index (χ4v) is 5.39. The maximum absolute atomic E-state index is 12.8. The molecule has 5 nitrogen and oxygen atoms in total. The molecule has 0 spiro atoms. The molecule has 0 atom stereocenters. The van der Waals surface area contributed by atoms with Crippen molar-refractivity contribution in [2.24, 2.45) is 5.92 Å². The summed E-state index contributed by atoms with van der Waals surface area (Å²) in [5.74, 6) is 0.888. The monoisotopic (exact) mass is 365 g/mol. The minimum Gasteiger partial charge on any atom is -0.314 e. The molecule has 2 saturated carbocycles. The van der Waals surface area contributed by atoms with Crippen molar-refractivity contribution in [2.45, 2.75) is 69.9 Å². The van der Waals surface area contributed by atoms with Gasteiger partial charge in [-0.25, -0.2) is 0 Å². The zero-order valence-corrected chi connectivity index (χ0v) is 15.9. The van der Waals surface area contributed by atoms with Gasteiger partial charge in [-0.05, 0) is 51.0 Å². The van der Waals surface area contributed by atoms with Crippen LogP contribution < -0.4 is 5.32 Å². The summed E-state index contributed by atoms with van der Waals surface area (Å²) in [6, 6.07) is 0.719. The second kappa shape index (κ2) is 8.48. The summed E-state index contributed by atoms with van der Waals surface area (Å²) in [6.45, 7) is 2.46. The van der Waals surface area contributed by atoms with Gasteiger partial charge in [0.15, 0.2) is 0 Å². The van der Waals surface area contributed by atoms with Crippen molar-refractivity contribution in [1.82, 2.24) is 13.9 Å². The predicted molar refractivity (Wildman–Crippen MR) is 96.1 cm³/mol. The van der Waals surface area contributed by atoms with Gasteiger partial charge in [0.1, 0.15) is 0 Å². The molecule has 0 unspecified atom stereocenters. The Hall–Kier alpha value is 0.120. The van der Waals surface area contributed by atoms with E-state index in [1.54, 1.807) is 15.7 Å². The largest absolute Gasteiger partial charge is 0.314 e. The van der Waals surface area contributed by atoms with Crippen LogP contribution in [0.3, 0.4) is 0 Å². The van der Waals surface area contributed by atoms with Gasteiger partial charge in [0, 0.05) is 32.2 Å². The highest BCUT2D eigenvalue weighted by molar-refractivity contribution is 7.86. The molecule has 1 aliphatic heterocycles. The van der Waals surface area contributed by atoms with Crippen molar-refractivity contribution in [3.8, 4) is 0 Å². The summed E-state index contributed by atoms with van der Waals surface area (Å²) < 4.78 is 29.0. The van der Waals surface area contributed by atoms with E-state index in [2.05, 4.69) is 5.32 Å². The molecule has 0 aromatic rings. The molecule has 3 rings (SSSR count). The Morgan fingerprint density at radius 2 is 1.61 bits per heavy atom. The molecule has 3 aliphatic rings. The van der Waals surface area contributed by atoms with Gasteiger partial charge in [0.25, 0.3) is 10.2 Å². The molecule has 23 heavy (non-hydrogen) atoms. The second-order valence-electron chi connectivity index (χ2n) is 7.34. The third-order valence-electron chi connectivity index (χ3n) is 5.63. The van der Waals surface area contributed by atoms with E-state index in [1.807, 2.05) is 0 Å². The summed E-state index contributed by atoms with van der Waals surface area (Å²) in [5.41, 5.74) is 0. The summed E-state index contributed by atoms with van der Waals surface area (Å²) >= 11 is 0. The summed E-state index contributed by atoms with van der Waals surface area (Å²) in [4.78, 5) is 0. The van der Waals surface area contributed by atoms with Gasteiger partial charge in [-0.1, -0.05) is 19.3 Å². The molecule has 0 aromatic heterocycles. The Kier molecular flexibility index (Phi) is 7.17. The molecule has 0 amide bonds. The summed E-state index contributed by atoms with van der Waals surface area (Å²) in [7, 11) is -1.48. The smallest absolute Gasteiger partial charge is 0.281 e. The van der Waals surface area contributed by atoms with E-state index < -0.39 is 10.2 Å². The van der Waals surface area contributed by atoms with E-state index in [4.69, 9.17) is 0 Å². The van der Waals surface area contributed by atoms with Gasteiger partial charge in [0.2, 0.25) is 0 Å². The standard InChI is InChI=1S/C16H31N3O2S.ClH/c1-18(16-5-3-2-4-6-16)22(20,21)19-11-9-15(10-12-19)17-13-14-7-8-14;/h14-17H,2-13H2,1H3;1H. The fourth-order valence-electron chi connectivity index (χ4n) is 3.76. The lowest BCUT2D eigenvalue weighted by Gasteiger charge is -2.37. The van der Waals surface area contributed by atoms with Crippen molar-refractivity contribution in [1.29, 1.82) is 0 Å². The average molecular weight is 366 g/mol. The van der Waals surface area contributed by atoms with Crippen LogP contribution >= 0.6 is 12.4 Å². The predicted octanol–water partition coefficient (Wildman–Crippen LogP) is 2.38. The van der Waals surface area contributed by atoms with Crippen molar-refractivity contribution < 1.29 is 8.42 Å². The number of piperidine rings is 1. The highest BCUT2D eigenvalue weighted by Crippen LogP contribution is 2.29. The lowest BCUT2D eigenvalue weighted by molar-refractivity contribution is 0.238. The van der Waals surface area contributed by atoms with Crippen LogP contribution in [0.4, 0.5) is 0 Å². The van der Waals surface area contributed by atoms with E-state index in [1.165, 1.54) is 19.3 Å². The van der Waals surface area contributed by atoms with E-state index in [-0.39, 0.29) is 18.4 Å². The molecule has 0 radical (unpaired) electrons. The molecular formula is C16H32ClN3O2S. The number of halogens is 1. The minimum atomic E-state index is -3.27. The third-order valence-corrected chi connectivity index (χ3v) is 7.67. The van der Waals surface area contributed by atoms with Crippen LogP contribution in [0.25, 0.3) is 0 Å². The molecule has 7 heteroatoms. The van der Waals surface area contributed by atoms with Crippen molar-refractivity contribution in [3.05, 3.63) is 0 Å². The van der Waals surface area contributed by atoms with Crippen molar-refractivity contribution in [2.75, 3.05) is 26.7 Å². The van der Waals surface area contributed by atoms with Crippen LogP contribution in [0, 0.1) is 5.92 Å². The molecule has 1 saturated heterocycles. The third kappa shape index (κ3) is 5.05. The molecule has 136 valence electrons. The molecule has 3 fully saturated rings. The molecular weight excluding hydrogens is 334 g/mol. The highest BCUT2D eigenvalue weighted by Gasteiger charge is 2.35. The zero-order valence-electron chi connectivity index (χ0n) is 14.2. The Morgan fingerprint density at radius 1 is 1.00 bits per heavy atom. The van der Waals surface area contributed by atoms with E-state index in [9.17, 15) is 8.42 Å². The highest BCUT2D eigenvalue weighted by atomic mass is 35.5. The van der Waals surface area contributed by atoms with Crippen LogP contribution in [0.2, 0.25) is 0 Å². The Balaban J connectivity index is 0.00000192. The Labute approximate surface area is 147 Å². The lowest BCUT2D eigenvalue weighted by Crippen LogP contribution is -2.51. The number of rotatable bonds is 6. The minimum absolute atomic E-state index is 0. The SMILES string of the molecule is CN(C1CCCCC1)S(=O)(=O)N1CCC(NCC2CC2)CC1.Cl. The maximum atomic E-state index is 12.8. The van der Waals surface area contributed by atoms with E-state index in [0.29, 0.717) is 19.1 Å². The van der Waals surface area contributed by atoms with Gasteiger partial charge in [-0.2, -0.15) is 17.0 Å². The van der Waals surface area contributed by atoms with E-state index in [0.717, 1.165) is 51.0 Å². The average Bonchev–Trinajstić information content (AvgIpc) is 3.38. The Morgan fingerprint density at radius 3 is 2.17 bits per heavy atom. The molecule has 1 N–H and O–H groups in total. The summed E-state index contributed by atoms with van der Waals surface area (Å²) in [6.07, 6.45) is 10.3. The summed E-state index contributed by atoms with van der Waals surface area (Å²) in [5, 5.41) is 3.61. The van der Waals surface area contributed by atoms with Crippen LogP contribution in [-0.4, -0.2) is 55.8 Å². The van der Waals surface area contributed by atoms with Crippen molar-refractivity contribution >= 4 is 22.6 Å². The topological polar surface area (TPSA) is 52.7 Å². The van der Waals surface area contributed by atoms with Gasteiger partial charge in [-0.15, -0.1) is 12.4 Å². The maximum Gasteiger partial charge on any atom is 0.281 e. The molecule has 0 bridgehead atoms. The van der Waals surface area contributed by atoms with Crippen LogP contribution in [0.1, 0.15) is 57.8 Å². The molecule has 2 aliphatic carbocycles.